The molecule has 6 aromatic rings. The lowest BCUT2D eigenvalue weighted by Crippen LogP contribution is -2.23. The van der Waals surface area contributed by atoms with Crippen LogP contribution in [0.3, 0.4) is 0 Å². The Morgan fingerprint density at radius 2 is 1.95 bits per heavy atom. The van der Waals surface area contributed by atoms with Crippen LogP contribution >= 0.6 is 0 Å². The number of aromatic nitrogens is 8. The SMILES string of the molecule is CCc1nc2onc(C#Cc3cnn(C)c3)c2c(=O)n1-c1ccccc1.NC(=O)c1c(N)nn2cccnc12. The van der Waals surface area contributed by atoms with E-state index < -0.39 is 5.91 Å². The van der Waals surface area contributed by atoms with Crippen LogP contribution in [0.4, 0.5) is 5.82 Å². The van der Waals surface area contributed by atoms with Gasteiger partial charge in [0.15, 0.2) is 17.2 Å². The molecule has 1 amide bonds. The number of nitrogen functional groups attached to an aromatic ring is 1. The van der Waals surface area contributed by atoms with Gasteiger partial charge in [-0.25, -0.2) is 9.50 Å². The first kappa shape index (κ1) is 24.9. The summed E-state index contributed by atoms with van der Waals surface area (Å²) < 4.78 is 9.90. The molecule has 0 aliphatic heterocycles. The number of carbonyl (C=O) groups excluding carboxylic acids is 1. The number of carbonyl (C=O) groups is 1. The molecule has 0 unspecified atom stereocenters. The van der Waals surface area contributed by atoms with Gasteiger partial charge < -0.3 is 16.0 Å². The molecule has 13 nitrogen and oxygen atoms in total. The van der Waals surface area contributed by atoms with Gasteiger partial charge in [0.1, 0.15) is 16.8 Å². The molecule has 0 saturated heterocycles. The summed E-state index contributed by atoms with van der Waals surface area (Å²) in [6.07, 6.45) is 7.20. The molecule has 194 valence electrons. The van der Waals surface area contributed by atoms with Crippen LogP contribution in [0.5, 0.6) is 0 Å². The normalized spacial score (nSPS) is 10.6. The number of benzene rings is 1. The molecule has 6 rings (SSSR count). The maximum Gasteiger partial charge on any atom is 0.272 e. The second-order valence-corrected chi connectivity index (χ2v) is 8.23. The number of fused-ring (bicyclic) bond motifs is 2. The average molecular weight is 523 g/mol. The first-order valence-electron chi connectivity index (χ1n) is 11.7. The molecule has 0 bridgehead atoms. The summed E-state index contributed by atoms with van der Waals surface area (Å²) in [4.78, 5) is 32.5. The Bertz CT molecular complexity index is 1940. The molecular formula is C26H22N10O3. The van der Waals surface area contributed by atoms with E-state index in [1.807, 2.05) is 44.3 Å². The molecule has 4 N–H and O–H groups in total. The summed E-state index contributed by atoms with van der Waals surface area (Å²) in [5.41, 5.74) is 12.9. The van der Waals surface area contributed by atoms with Crippen molar-refractivity contribution in [2.24, 2.45) is 12.8 Å². The second-order valence-electron chi connectivity index (χ2n) is 8.23. The van der Waals surface area contributed by atoms with Crippen molar-refractivity contribution >= 4 is 28.5 Å². The number of anilines is 1. The van der Waals surface area contributed by atoms with Gasteiger partial charge >= 0.3 is 0 Å². The Morgan fingerprint density at radius 1 is 1.15 bits per heavy atom. The highest BCUT2D eigenvalue weighted by Crippen LogP contribution is 2.16. The van der Waals surface area contributed by atoms with E-state index in [9.17, 15) is 9.59 Å². The van der Waals surface area contributed by atoms with Crippen LogP contribution < -0.4 is 17.0 Å². The van der Waals surface area contributed by atoms with Crippen molar-refractivity contribution in [1.29, 1.82) is 0 Å². The fraction of sp³-hybridized carbons (Fsp3) is 0.115. The van der Waals surface area contributed by atoms with Gasteiger partial charge in [-0.15, -0.1) is 5.10 Å². The molecular weight excluding hydrogens is 500 g/mol. The maximum atomic E-state index is 13.1. The second kappa shape index (κ2) is 10.3. The van der Waals surface area contributed by atoms with Gasteiger partial charge in [-0.05, 0) is 24.1 Å². The quantitative estimate of drug-likeness (QED) is 0.326. The smallest absolute Gasteiger partial charge is 0.272 e. The molecule has 0 saturated carbocycles. The van der Waals surface area contributed by atoms with E-state index in [0.29, 0.717) is 17.9 Å². The van der Waals surface area contributed by atoms with Gasteiger partial charge in [0.05, 0.1) is 17.4 Å². The topological polar surface area (TPSA) is 178 Å². The van der Waals surface area contributed by atoms with Crippen LogP contribution in [0.2, 0.25) is 0 Å². The van der Waals surface area contributed by atoms with Gasteiger partial charge in [-0.1, -0.05) is 36.2 Å². The zero-order valence-corrected chi connectivity index (χ0v) is 20.9. The summed E-state index contributed by atoms with van der Waals surface area (Å²) in [5.74, 6) is 5.93. The van der Waals surface area contributed by atoms with E-state index in [1.165, 1.54) is 4.52 Å². The fourth-order valence-corrected chi connectivity index (χ4v) is 3.87. The van der Waals surface area contributed by atoms with E-state index in [1.54, 1.807) is 40.1 Å². The van der Waals surface area contributed by atoms with Crippen molar-refractivity contribution in [3.8, 4) is 17.5 Å². The number of hydrogen-bond donors (Lipinski definition) is 2. The van der Waals surface area contributed by atoms with Crippen LogP contribution in [0.15, 0.2) is 70.5 Å². The molecule has 5 heterocycles. The highest BCUT2D eigenvalue weighted by atomic mass is 16.5. The Balaban J connectivity index is 0.000000198. The standard InChI is InChI=1S/C19H15N5O2.C7H7N5O/c1-3-16-21-18-17(19(25)24(16)14-7-5-4-6-8-14)15(22-26-18)10-9-13-11-20-23(2)12-13;8-5-4(6(9)13)7-10-2-1-3-12(7)11-5/h4-8,11-12H,3H2,1-2H3;1-3H,(H2,8,11)(H2,9,13). The number of nitrogens with two attached hydrogens (primary N) is 2. The van der Waals surface area contributed by atoms with Crippen molar-refractivity contribution in [1.82, 2.24) is 39.1 Å². The monoisotopic (exact) mass is 522 g/mol. The summed E-state index contributed by atoms with van der Waals surface area (Å²) in [7, 11) is 1.81. The minimum Gasteiger partial charge on any atom is -0.381 e. The summed E-state index contributed by atoms with van der Waals surface area (Å²) in [6, 6.07) is 11.1. The Kier molecular flexibility index (Phi) is 6.58. The van der Waals surface area contributed by atoms with E-state index in [2.05, 4.69) is 37.2 Å². The average Bonchev–Trinajstić information content (AvgIpc) is 3.63. The third kappa shape index (κ3) is 4.81. The minimum atomic E-state index is -0.619. The summed E-state index contributed by atoms with van der Waals surface area (Å²) in [5, 5.41) is 12.1. The fourth-order valence-electron chi connectivity index (χ4n) is 3.87. The number of amides is 1. The molecule has 1 aromatic carbocycles. The maximum absolute atomic E-state index is 13.1. The molecule has 0 aliphatic carbocycles. The zero-order valence-electron chi connectivity index (χ0n) is 20.9. The van der Waals surface area contributed by atoms with E-state index in [-0.39, 0.29) is 33.7 Å². The number of aryl methyl sites for hydroxylation is 2. The zero-order chi connectivity index (χ0) is 27.5. The van der Waals surface area contributed by atoms with Gasteiger partial charge in [-0.2, -0.15) is 10.1 Å². The van der Waals surface area contributed by atoms with Gasteiger partial charge in [0, 0.05) is 32.1 Å². The first-order chi connectivity index (χ1) is 18.9. The molecule has 39 heavy (non-hydrogen) atoms. The lowest BCUT2D eigenvalue weighted by molar-refractivity contribution is 0.100. The molecule has 0 atom stereocenters. The molecule has 0 aliphatic rings. The summed E-state index contributed by atoms with van der Waals surface area (Å²) >= 11 is 0. The van der Waals surface area contributed by atoms with Crippen LogP contribution in [-0.4, -0.2) is 45.0 Å². The van der Waals surface area contributed by atoms with Crippen molar-refractivity contribution in [2.45, 2.75) is 13.3 Å². The minimum absolute atomic E-state index is 0.103. The van der Waals surface area contributed by atoms with Gasteiger partial charge in [0.2, 0.25) is 0 Å². The first-order valence-corrected chi connectivity index (χ1v) is 11.7. The van der Waals surface area contributed by atoms with Crippen molar-refractivity contribution in [2.75, 3.05) is 5.73 Å². The van der Waals surface area contributed by atoms with Crippen molar-refractivity contribution in [3.05, 3.63) is 94.2 Å². The van der Waals surface area contributed by atoms with Crippen molar-refractivity contribution < 1.29 is 9.32 Å². The van der Waals surface area contributed by atoms with E-state index in [4.69, 9.17) is 16.0 Å². The number of nitrogens with zero attached hydrogens (tertiary/aromatic N) is 8. The summed E-state index contributed by atoms with van der Waals surface area (Å²) in [6.45, 7) is 1.94. The molecule has 13 heteroatoms. The Morgan fingerprint density at radius 3 is 2.64 bits per heavy atom. The lowest BCUT2D eigenvalue weighted by Gasteiger charge is -2.10. The number of primary amides is 1. The third-order valence-electron chi connectivity index (χ3n) is 5.61. The molecule has 0 spiro atoms. The number of para-hydroxylation sites is 1. The largest absolute Gasteiger partial charge is 0.381 e. The Hall–Kier alpha value is -5.77. The van der Waals surface area contributed by atoms with Crippen LogP contribution in [0, 0.1) is 11.8 Å². The van der Waals surface area contributed by atoms with Crippen LogP contribution in [0.1, 0.15) is 34.4 Å². The van der Waals surface area contributed by atoms with Gasteiger partial charge in [0.25, 0.3) is 17.2 Å². The molecule has 0 fully saturated rings. The lowest BCUT2D eigenvalue weighted by atomic mass is 10.2. The predicted octanol–water partition coefficient (Wildman–Crippen LogP) is 1.48. The number of hydrogen-bond acceptors (Lipinski definition) is 9. The predicted molar refractivity (Wildman–Crippen MR) is 142 cm³/mol. The van der Waals surface area contributed by atoms with Crippen LogP contribution in [0.25, 0.3) is 22.4 Å². The van der Waals surface area contributed by atoms with Gasteiger partial charge in [-0.3, -0.25) is 18.8 Å². The molecule has 0 radical (unpaired) electrons. The van der Waals surface area contributed by atoms with E-state index in [0.717, 1.165) is 11.3 Å². The molecule has 5 aromatic heterocycles. The third-order valence-corrected chi connectivity index (χ3v) is 5.61. The number of rotatable bonds is 3. The highest BCUT2D eigenvalue weighted by Gasteiger charge is 2.18. The Labute approximate surface area is 220 Å². The van der Waals surface area contributed by atoms with E-state index >= 15 is 0 Å². The van der Waals surface area contributed by atoms with Crippen LogP contribution in [-0.2, 0) is 13.5 Å². The highest BCUT2D eigenvalue weighted by molar-refractivity contribution is 6.03. The van der Waals surface area contributed by atoms with Crippen molar-refractivity contribution in [3.63, 3.8) is 0 Å².